The van der Waals surface area contributed by atoms with E-state index in [1.165, 1.54) is 75.2 Å². The van der Waals surface area contributed by atoms with Gasteiger partial charge >= 0.3 is 0 Å². The molecule has 0 aliphatic heterocycles. The van der Waals surface area contributed by atoms with Crippen LogP contribution in [0.4, 0.5) is 10.1 Å². The summed E-state index contributed by atoms with van der Waals surface area (Å²) in [5.74, 6) is -0.613. The average molecular weight is 540 g/mol. The third-order valence-electron chi connectivity index (χ3n) is 6.80. The maximum absolute atomic E-state index is 14.6. The number of nitrogens with zero attached hydrogens (tertiary/aromatic N) is 1. The first-order valence-electron chi connectivity index (χ1n) is 14.3. The van der Waals surface area contributed by atoms with Gasteiger partial charge in [-0.05, 0) is 31.5 Å². The average Bonchev–Trinajstić information content (AvgIpc) is 3.32. The van der Waals surface area contributed by atoms with Gasteiger partial charge in [-0.25, -0.2) is 4.39 Å². The Bertz CT molecular complexity index is 1110. The van der Waals surface area contributed by atoms with Crippen molar-refractivity contribution in [2.75, 3.05) is 11.9 Å². The van der Waals surface area contributed by atoms with Gasteiger partial charge in [0.1, 0.15) is 0 Å². The van der Waals surface area contributed by atoms with Gasteiger partial charge in [-0.15, -0.1) is 0 Å². The molecule has 0 bridgehead atoms. The summed E-state index contributed by atoms with van der Waals surface area (Å²) in [6, 6.07) is 12.2. The number of thiazole rings is 1. The number of benzene rings is 2. The van der Waals surface area contributed by atoms with Crippen molar-refractivity contribution in [3.8, 4) is 5.75 Å². The standard InChI is InChI=1S/C32H43FN2O2S/c1-3-4-5-6-7-8-9-10-11-12-13-16-22-37-31-29(33)20-17-21-30(31)34-32(36)28-19-15-14-18-27(28)24-35-23-26(2)38-25-35/h14-15,17-21,23,25H,3-13,16,22,24H2,1-2H3/p+1. The van der Waals surface area contributed by atoms with Gasteiger partial charge in [0.15, 0.2) is 24.3 Å². The number of hydrogen-bond donors (Lipinski definition) is 1. The Morgan fingerprint density at radius 1 is 0.895 bits per heavy atom. The highest BCUT2D eigenvalue weighted by atomic mass is 32.1. The fraction of sp³-hybridized carbons (Fsp3) is 0.500. The first-order chi connectivity index (χ1) is 18.6. The van der Waals surface area contributed by atoms with Crippen molar-refractivity contribution in [2.24, 2.45) is 0 Å². The van der Waals surface area contributed by atoms with Gasteiger partial charge < -0.3 is 10.1 Å². The maximum atomic E-state index is 14.6. The number of amides is 1. The minimum Gasteiger partial charge on any atom is -0.488 e. The molecule has 2 aromatic carbocycles. The molecule has 0 unspecified atom stereocenters. The van der Waals surface area contributed by atoms with Crippen LogP contribution in [-0.2, 0) is 6.54 Å². The molecule has 0 radical (unpaired) electrons. The molecule has 0 saturated carbocycles. The second-order valence-electron chi connectivity index (χ2n) is 10.1. The van der Waals surface area contributed by atoms with Crippen LogP contribution in [0.15, 0.2) is 54.2 Å². The number of ether oxygens (including phenoxy) is 1. The van der Waals surface area contributed by atoms with Crippen LogP contribution in [0.2, 0.25) is 0 Å². The van der Waals surface area contributed by atoms with Gasteiger partial charge in [-0.1, -0.05) is 113 Å². The van der Waals surface area contributed by atoms with Crippen molar-refractivity contribution in [1.82, 2.24) is 0 Å². The zero-order chi connectivity index (χ0) is 27.0. The monoisotopic (exact) mass is 539 g/mol. The van der Waals surface area contributed by atoms with Crippen LogP contribution in [0, 0.1) is 12.7 Å². The molecule has 3 aromatic rings. The predicted molar refractivity (Wildman–Crippen MR) is 156 cm³/mol. The highest BCUT2D eigenvalue weighted by Gasteiger charge is 2.18. The maximum Gasteiger partial charge on any atom is 0.256 e. The molecule has 38 heavy (non-hydrogen) atoms. The molecule has 4 nitrogen and oxygen atoms in total. The molecular formula is C32H44FN2O2S+. The molecule has 206 valence electrons. The summed E-state index contributed by atoms with van der Waals surface area (Å²) in [5, 5.41) is 2.89. The Labute approximate surface area is 232 Å². The zero-order valence-corrected chi connectivity index (χ0v) is 24.0. The van der Waals surface area contributed by atoms with Crippen molar-refractivity contribution in [1.29, 1.82) is 0 Å². The molecule has 0 aliphatic carbocycles. The van der Waals surface area contributed by atoms with E-state index in [0.717, 1.165) is 18.4 Å². The number of halogens is 1. The van der Waals surface area contributed by atoms with E-state index in [2.05, 4.69) is 29.9 Å². The molecule has 0 fully saturated rings. The highest BCUT2D eigenvalue weighted by molar-refractivity contribution is 7.09. The summed E-state index contributed by atoms with van der Waals surface area (Å²) in [5.41, 5.74) is 3.88. The van der Waals surface area contributed by atoms with E-state index >= 15 is 0 Å². The normalized spacial score (nSPS) is 11.0. The predicted octanol–water partition coefficient (Wildman–Crippen LogP) is 8.86. The third kappa shape index (κ3) is 10.2. The SMILES string of the molecule is CCCCCCCCCCCCCCOc1c(F)cccc1NC(=O)c1ccccc1C[n+]1csc(C)c1. The Kier molecular flexibility index (Phi) is 13.3. The molecule has 3 rings (SSSR count). The van der Waals surface area contributed by atoms with Crippen molar-refractivity contribution in [3.05, 3.63) is 76.0 Å². The number of carbonyl (C=O) groups is 1. The number of rotatable bonds is 18. The van der Waals surface area contributed by atoms with E-state index in [-0.39, 0.29) is 11.7 Å². The Morgan fingerprint density at radius 2 is 1.55 bits per heavy atom. The fourth-order valence-corrected chi connectivity index (χ4v) is 5.30. The molecule has 1 aromatic heterocycles. The van der Waals surface area contributed by atoms with Crippen molar-refractivity contribution < 1.29 is 18.5 Å². The Balaban J connectivity index is 1.43. The summed E-state index contributed by atoms with van der Waals surface area (Å²) in [6.45, 7) is 5.35. The summed E-state index contributed by atoms with van der Waals surface area (Å²) >= 11 is 1.67. The highest BCUT2D eigenvalue weighted by Crippen LogP contribution is 2.29. The number of anilines is 1. The van der Waals surface area contributed by atoms with E-state index < -0.39 is 5.82 Å². The number of aromatic nitrogens is 1. The largest absolute Gasteiger partial charge is 0.488 e. The number of nitrogens with one attached hydrogen (secondary N) is 1. The minimum atomic E-state index is -0.459. The van der Waals surface area contributed by atoms with Crippen molar-refractivity contribution in [3.63, 3.8) is 0 Å². The number of para-hydroxylation sites is 1. The van der Waals surface area contributed by atoms with Crippen LogP contribution in [-0.4, -0.2) is 12.5 Å². The first-order valence-corrected chi connectivity index (χ1v) is 15.2. The second-order valence-corrected chi connectivity index (χ2v) is 11.2. The molecule has 1 N–H and O–H groups in total. The van der Waals surface area contributed by atoms with Gasteiger partial charge in [0.05, 0.1) is 17.2 Å². The number of hydrogen-bond acceptors (Lipinski definition) is 3. The molecular weight excluding hydrogens is 495 g/mol. The quantitative estimate of drug-likeness (QED) is 0.130. The van der Waals surface area contributed by atoms with Crippen LogP contribution in [0.5, 0.6) is 5.75 Å². The van der Waals surface area contributed by atoms with Crippen molar-refractivity contribution >= 4 is 22.9 Å². The van der Waals surface area contributed by atoms with Gasteiger partial charge in [0.2, 0.25) is 5.51 Å². The van der Waals surface area contributed by atoms with Gasteiger partial charge in [-0.2, -0.15) is 4.57 Å². The summed E-state index contributed by atoms with van der Waals surface area (Å²) in [7, 11) is 0. The lowest BCUT2D eigenvalue weighted by molar-refractivity contribution is -0.683. The van der Waals surface area contributed by atoms with E-state index in [1.54, 1.807) is 29.5 Å². The number of aryl methyl sites for hydroxylation is 1. The first kappa shape index (κ1) is 29.8. The van der Waals surface area contributed by atoms with Crippen LogP contribution in [0.25, 0.3) is 0 Å². The Morgan fingerprint density at radius 3 is 2.21 bits per heavy atom. The number of unbranched alkanes of at least 4 members (excludes halogenated alkanes) is 11. The fourth-order valence-electron chi connectivity index (χ4n) is 4.67. The summed E-state index contributed by atoms with van der Waals surface area (Å²) in [4.78, 5) is 14.4. The molecule has 1 heterocycles. The molecule has 0 saturated heterocycles. The zero-order valence-electron chi connectivity index (χ0n) is 23.1. The van der Waals surface area contributed by atoms with Gasteiger partial charge in [0, 0.05) is 11.1 Å². The minimum absolute atomic E-state index is 0.115. The van der Waals surface area contributed by atoms with Gasteiger partial charge in [-0.3, -0.25) is 4.79 Å². The molecule has 0 aliphatic rings. The lowest BCUT2D eigenvalue weighted by Gasteiger charge is -2.14. The van der Waals surface area contributed by atoms with Crippen LogP contribution < -0.4 is 14.6 Å². The molecule has 0 spiro atoms. The van der Waals surface area contributed by atoms with Crippen molar-refractivity contribution in [2.45, 2.75) is 97.4 Å². The number of carbonyl (C=O) groups excluding carboxylic acids is 1. The smallest absolute Gasteiger partial charge is 0.256 e. The van der Waals surface area contributed by atoms with Crippen LogP contribution in [0.3, 0.4) is 0 Å². The molecule has 6 heteroatoms. The van der Waals surface area contributed by atoms with E-state index in [1.807, 2.05) is 23.7 Å². The van der Waals surface area contributed by atoms with E-state index in [9.17, 15) is 9.18 Å². The van der Waals surface area contributed by atoms with E-state index in [4.69, 9.17) is 4.74 Å². The molecule has 0 atom stereocenters. The lowest BCUT2D eigenvalue weighted by atomic mass is 10.1. The third-order valence-corrected chi connectivity index (χ3v) is 7.65. The second kappa shape index (κ2) is 17.0. The topological polar surface area (TPSA) is 42.2 Å². The van der Waals surface area contributed by atoms with E-state index in [0.29, 0.717) is 24.4 Å². The lowest BCUT2D eigenvalue weighted by Crippen LogP contribution is -2.32. The van der Waals surface area contributed by atoms with Gasteiger partial charge in [0.25, 0.3) is 5.91 Å². The Hall–Kier alpha value is -2.73. The van der Waals surface area contributed by atoms with Crippen LogP contribution in [0.1, 0.15) is 105 Å². The van der Waals surface area contributed by atoms with Crippen LogP contribution >= 0.6 is 11.3 Å². The summed E-state index contributed by atoms with van der Waals surface area (Å²) in [6.07, 6.45) is 17.2. The molecule has 1 amide bonds. The summed E-state index contributed by atoms with van der Waals surface area (Å²) < 4.78 is 22.5.